The zero-order valence-electron chi connectivity index (χ0n) is 21.1. The van der Waals surface area contributed by atoms with E-state index in [4.69, 9.17) is 21.1 Å². The summed E-state index contributed by atoms with van der Waals surface area (Å²) in [5.74, 6) is 1.73. The van der Waals surface area contributed by atoms with E-state index in [1.54, 1.807) is 0 Å². The van der Waals surface area contributed by atoms with Crippen molar-refractivity contribution in [2.24, 2.45) is 0 Å². The lowest BCUT2D eigenvalue weighted by Gasteiger charge is -2.26. The molecule has 0 fully saturated rings. The van der Waals surface area contributed by atoms with Gasteiger partial charge in [-0.15, -0.1) is 11.6 Å². The first-order valence-corrected chi connectivity index (χ1v) is 12.8. The van der Waals surface area contributed by atoms with Crippen molar-refractivity contribution in [3.63, 3.8) is 0 Å². The molecule has 3 aromatic carbocycles. The fraction of sp³-hybridized carbons (Fsp3) is 0.367. The number of hydrogen-bond donors (Lipinski definition) is 0. The molecule has 0 saturated heterocycles. The molecule has 0 heterocycles. The molecule has 1 amide bonds. The van der Waals surface area contributed by atoms with Crippen molar-refractivity contribution in [3.05, 3.63) is 95.6 Å². The summed E-state index contributed by atoms with van der Waals surface area (Å²) in [5, 5.41) is 0. The molecule has 0 aliphatic heterocycles. The first kappa shape index (κ1) is 26.6. The normalized spacial score (nSPS) is 12.0. The highest BCUT2D eigenvalue weighted by molar-refractivity contribution is 6.27. The lowest BCUT2D eigenvalue weighted by molar-refractivity contribution is -0.129. The molecule has 186 valence electrons. The summed E-state index contributed by atoms with van der Waals surface area (Å²) in [6, 6.07) is 26.6. The second-order valence-corrected chi connectivity index (χ2v) is 9.51. The van der Waals surface area contributed by atoms with E-state index >= 15 is 0 Å². The molecule has 1 atom stereocenters. The van der Waals surface area contributed by atoms with Crippen LogP contribution in [0.4, 0.5) is 0 Å². The quantitative estimate of drug-likeness (QED) is 0.254. The Morgan fingerprint density at radius 1 is 0.771 bits per heavy atom. The third-order valence-electron chi connectivity index (χ3n) is 5.68. The third kappa shape index (κ3) is 8.32. The Morgan fingerprint density at radius 3 is 1.80 bits per heavy atom. The summed E-state index contributed by atoms with van der Waals surface area (Å²) in [4.78, 5) is 14.6. The minimum atomic E-state index is -0.0679. The number of alkyl halides is 1. The average molecular weight is 494 g/mol. The number of halogens is 1. The largest absolute Gasteiger partial charge is 0.491 e. The van der Waals surface area contributed by atoms with Gasteiger partial charge in [0.05, 0.1) is 12.2 Å². The fourth-order valence-electron chi connectivity index (χ4n) is 4.09. The maximum Gasteiger partial charge on any atom is 0.237 e. The van der Waals surface area contributed by atoms with Gasteiger partial charge >= 0.3 is 0 Å². The molecule has 35 heavy (non-hydrogen) atoms. The number of rotatable bonds is 12. The van der Waals surface area contributed by atoms with Crippen LogP contribution in [-0.4, -0.2) is 35.4 Å². The van der Waals surface area contributed by atoms with Crippen molar-refractivity contribution < 1.29 is 14.3 Å². The van der Waals surface area contributed by atoms with E-state index in [1.807, 2.05) is 75.1 Å². The fourth-order valence-corrected chi connectivity index (χ4v) is 4.26. The molecule has 0 bridgehead atoms. The van der Waals surface area contributed by atoms with E-state index in [-0.39, 0.29) is 29.9 Å². The summed E-state index contributed by atoms with van der Waals surface area (Å²) in [6.45, 7) is 9.16. The number of hydrogen-bond acceptors (Lipinski definition) is 3. The van der Waals surface area contributed by atoms with E-state index < -0.39 is 0 Å². The topological polar surface area (TPSA) is 38.8 Å². The number of benzene rings is 3. The van der Waals surface area contributed by atoms with Crippen LogP contribution >= 0.6 is 11.6 Å². The van der Waals surface area contributed by atoms with E-state index in [9.17, 15) is 4.79 Å². The Hall–Kier alpha value is -2.98. The first-order chi connectivity index (χ1) is 16.9. The smallest absolute Gasteiger partial charge is 0.237 e. The van der Waals surface area contributed by atoms with Crippen LogP contribution < -0.4 is 9.47 Å². The number of ether oxygens (including phenoxy) is 2. The van der Waals surface area contributed by atoms with Gasteiger partial charge in [0.15, 0.2) is 0 Å². The Bertz CT molecular complexity index is 1030. The van der Waals surface area contributed by atoms with Crippen molar-refractivity contribution in [1.82, 2.24) is 4.90 Å². The number of carbonyl (C=O) groups is 1. The van der Waals surface area contributed by atoms with Crippen LogP contribution in [0.5, 0.6) is 11.5 Å². The highest BCUT2D eigenvalue weighted by atomic mass is 35.5. The number of carbonyl (C=O) groups excluding carboxylic acids is 1. The Balaban J connectivity index is 1.76. The summed E-state index contributed by atoms with van der Waals surface area (Å²) in [6.07, 6.45) is 1.04. The van der Waals surface area contributed by atoms with Crippen LogP contribution in [0.1, 0.15) is 56.7 Å². The molecule has 5 heteroatoms. The van der Waals surface area contributed by atoms with Crippen molar-refractivity contribution in [3.8, 4) is 11.5 Å². The molecule has 0 aliphatic carbocycles. The minimum absolute atomic E-state index is 0.0359. The number of nitrogens with zero attached hydrogens (tertiary/aromatic N) is 1. The predicted molar refractivity (Wildman–Crippen MR) is 143 cm³/mol. The van der Waals surface area contributed by atoms with Gasteiger partial charge in [-0.25, -0.2) is 0 Å². The van der Waals surface area contributed by atoms with Crippen molar-refractivity contribution in [2.45, 2.75) is 58.8 Å². The molecule has 0 N–H and O–H groups in total. The highest BCUT2D eigenvalue weighted by Gasteiger charge is 2.19. The van der Waals surface area contributed by atoms with Gasteiger partial charge < -0.3 is 14.4 Å². The van der Waals surface area contributed by atoms with Gasteiger partial charge in [-0.05, 0) is 75.1 Å². The Kier molecular flexibility index (Phi) is 10.0. The molecule has 3 rings (SSSR count). The van der Waals surface area contributed by atoms with Crippen LogP contribution in [0.3, 0.4) is 0 Å². The van der Waals surface area contributed by atoms with E-state index in [0.717, 1.165) is 23.5 Å². The lowest BCUT2D eigenvalue weighted by atomic mass is 9.88. The van der Waals surface area contributed by atoms with E-state index in [1.165, 1.54) is 11.1 Å². The summed E-state index contributed by atoms with van der Waals surface area (Å²) >= 11 is 5.98. The molecule has 0 radical (unpaired) electrons. The molecule has 1 unspecified atom stereocenters. The van der Waals surface area contributed by atoms with Gasteiger partial charge in [0.2, 0.25) is 5.91 Å². The molecule has 0 aromatic heterocycles. The third-order valence-corrected chi connectivity index (χ3v) is 5.91. The molecule has 0 saturated carbocycles. The summed E-state index contributed by atoms with van der Waals surface area (Å²) in [5.41, 5.74) is 3.46. The van der Waals surface area contributed by atoms with Gasteiger partial charge in [-0.1, -0.05) is 54.6 Å². The lowest BCUT2D eigenvalue weighted by Crippen LogP contribution is -2.33. The van der Waals surface area contributed by atoms with Crippen LogP contribution in [0, 0.1) is 0 Å². The van der Waals surface area contributed by atoms with Gasteiger partial charge in [-0.3, -0.25) is 4.79 Å². The molecule has 4 nitrogen and oxygen atoms in total. The van der Waals surface area contributed by atoms with Crippen LogP contribution in [0.2, 0.25) is 0 Å². The summed E-state index contributed by atoms with van der Waals surface area (Å²) < 4.78 is 11.6. The monoisotopic (exact) mass is 493 g/mol. The van der Waals surface area contributed by atoms with Gasteiger partial charge in [0.1, 0.15) is 17.4 Å². The second kappa shape index (κ2) is 13.2. The zero-order valence-corrected chi connectivity index (χ0v) is 21.9. The predicted octanol–water partition coefficient (Wildman–Crippen LogP) is 7.05. The van der Waals surface area contributed by atoms with Crippen molar-refractivity contribution in [1.29, 1.82) is 0 Å². The van der Waals surface area contributed by atoms with E-state index in [2.05, 4.69) is 36.4 Å². The molecule has 3 aromatic rings. The van der Waals surface area contributed by atoms with Crippen molar-refractivity contribution in [2.75, 3.05) is 12.4 Å². The van der Waals surface area contributed by atoms with Crippen LogP contribution in [0.15, 0.2) is 78.9 Å². The van der Waals surface area contributed by atoms with Gasteiger partial charge in [0.25, 0.3) is 0 Å². The molecular weight excluding hydrogens is 458 g/mol. The molecular formula is C30H36ClNO3. The minimum Gasteiger partial charge on any atom is -0.491 e. The average Bonchev–Trinajstić information content (AvgIpc) is 2.85. The molecule has 0 aliphatic rings. The number of amides is 1. The standard InChI is InChI=1S/C30H36ClNO3/c1-22(2)34-27-14-10-24(11-15-27)21-32(30(33)20-31)19-18-29(25-8-6-5-7-9-25)26-12-16-28(17-13-26)35-23(3)4/h5-17,22-23,29H,18-21H2,1-4H3. The first-order valence-electron chi connectivity index (χ1n) is 12.3. The SMILES string of the molecule is CC(C)Oc1ccc(CN(CCC(c2ccccc2)c2ccc(OC(C)C)cc2)C(=O)CCl)cc1. The van der Waals surface area contributed by atoms with E-state index in [0.29, 0.717) is 13.1 Å². The van der Waals surface area contributed by atoms with Crippen molar-refractivity contribution >= 4 is 17.5 Å². The van der Waals surface area contributed by atoms with Crippen LogP contribution in [-0.2, 0) is 11.3 Å². The zero-order chi connectivity index (χ0) is 25.2. The second-order valence-electron chi connectivity index (χ2n) is 9.25. The Labute approximate surface area is 214 Å². The highest BCUT2D eigenvalue weighted by Crippen LogP contribution is 2.30. The summed E-state index contributed by atoms with van der Waals surface area (Å²) in [7, 11) is 0. The Morgan fingerprint density at radius 2 is 1.29 bits per heavy atom. The van der Waals surface area contributed by atoms with Gasteiger partial charge in [0, 0.05) is 19.0 Å². The maximum atomic E-state index is 12.7. The van der Waals surface area contributed by atoms with Crippen LogP contribution in [0.25, 0.3) is 0 Å². The van der Waals surface area contributed by atoms with Gasteiger partial charge in [-0.2, -0.15) is 0 Å². The molecule has 0 spiro atoms. The maximum absolute atomic E-state index is 12.7.